The number of carboxylic acid groups (broad SMARTS) is 1. The standard InChI is InChI=1S/C16H19NO3S2/c18-14(17-13-6-5-12(9-13)15(19)20)10-1-3-11(4-2-10)16-21-7-8-22-16/h1-4,12-13,16H,5-9H2,(H,17,18)(H,19,20)/t12-,13+/m1/s1. The summed E-state index contributed by atoms with van der Waals surface area (Å²) in [5, 5.41) is 12.0. The molecule has 0 bridgehead atoms. The van der Waals surface area contributed by atoms with Gasteiger partial charge in [0, 0.05) is 23.1 Å². The molecule has 6 heteroatoms. The summed E-state index contributed by atoms with van der Waals surface area (Å²) in [6, 6.07) is 7.77. The van der Waals surface area contributed by atoms with Crippen LogP contribution in [-0.2, 0) is 4.79 Å². The van der Waals surface area contributed by atoms with Gasteiger partial charge in [-0.05, 0) is 37.0 Å². The van der Waals surface area contributed by atoms with Crippen LogP contribution in [-0.4, -0.2) is 34.5 Å². The molecule has 1 saturated carbocycles. The van der Waals surface area contributed by atoms with Gasteiger partial charge in [0.15, 0.2) is 0 Å². The lowest BCUT2D eigenvalue weighted by atomic mass is 10.1. The fourth-order valence-corrected chi connectivity index (χ4v) is 5.81. The van der Waals surface area contributed by atoms with Gasteiger partial charge in [-0.1, -0.05) is 12.1 Å². The Kier molecular flexibility index (Phi) is 4.98. The molecule has 0 radical (unpaired) electrons. The van der Waals surface area contributed by atoms with Gasteiger partial charge < -0.3 is 10.4 Å². The molecule has 1 aromatic rings. The zero-order valence-corrected chi connectivity index (χ0v) is 13.8. The summed E-state index contributed by atoms with van der Waals surface area (Å²) in [4.78, 5) is 23.2. The zero-order valence-electron chi connectivity index (χ0n) is 12.2. The minimum Gasteiger partial charge on any atom is -0.481 e. The van der Waals surface area contributed by atoms with Gasteiger partial charge in [0.05, 0.1) is 10.5 Å². The van der Waals surface area contributed by atoms with Gasteiger partial charge in [0.1, 0.15) is 0 Å². The molecule has 2 fully saturated rings. The summed E-state index contributed by atoms with van der Waals surface area (Å²) in [5.41, 5.74) is 1.91. The van der Waals surface area contributed by atoms with E-state index in [1.807, 2.05) is 47.8 Å². The molecule has 1 aliphatic carbocycles. The third-order valence-corrected chi connectivity index (χ3v) is 7.29. The zero-order chi connectivity index (χ0) is 15.5. The van der Waals surface area contributed by atoms with Crippen LogP contribution >= 0.6 is 23.5 Å². The molecule has 1 aromatic carbocycles. The van der Waals surface area contributed by atoms with E-state index in [9.17, 15) is 9.59 Å². The predicted octanol–water partition coefficient (Wildman–Crippen LogP) is 3.15. The fraction of sp³-hybridized carbons (Fsp3) is 0.500. The van der Waals surface area contributed by atoms with Crippen LogP contribution in [0, 0.1) is 5.92 Å². The quantitative estimate of drug-likeness (QED) is 0.883. The average molecular weight is 337 g/mol. The molecule has 1 saturated heterocycles. The van der Waals surface area contributed by atoms with Crippen LogP contribution in [0.5, 0.6) is 0 Å². The van der Waals surface area contributed by atoms with Crippen LogP contribution in [0.25, 0.3) is 0 Å². The number of carbonyl (C=O) groups is 2. The van der Waals surface area contributed by atoms with Crippen molar-refractivity contribution in [2.75, 3.05) is 11.5 Å². The van der Waals surface area contributed by atoms with Crippen LogP contribution < -0.4 is 5.32 Å². The highest BCUT2D eigenvalue weighted by atomic mass is 32.2. The second-order valence-corrected chi connectivity index (χ2v) is 8.44. The summed E-state index contributed by atoms with van der Waals surface area (Å²) >= 11 is 3.89. The van der Waals surface area contributed by atoms with Gasteiger partial charge in [-0.2, -0.15) is 0 Å². The first-order valence-electron chi connectivity index (χ1n) is 7.50. The summed E-state index contributed by atoms with van der Waals surface area (Å²) in [7, 11) is 0. The smallest absolute Gasteiger partial charge is 0.306 e. The summed E-state index contributed by atoms with van der Waals surface area (Å²) in [5.74, 6) is 1.19. The van der Waals surface area contributed by atoms with Crippen LogP contribution in [0.2, 0.25) is 0 Å². The molecule has 2 atom stereocenters. The van der Waals surface area contributed by atoms with Crippen LogP contribution in [0.3, 0.4) is 0 Å². The van der Waals surface area contributed by atoms with Gasteiger partial charge in [-0.25, -0.2) is 0 Å². The van der Waals surface area contributed by atoms with Gasteiger partial charge in [0.25, 0.3) is 5.91 Å². The van der Waals surface area contributed by atoms with Gasteiger partial charge >= 0.3 is 5.97 Å². The highest BCUT2D eigenvalue weighted by Crippen LogP contribution is 2.45. The van der Waals surface area contributed by atoms with Crippen molar-refractivity contribution in [3.63, 3.8) is 0 Å². The number of thioether (sulfide) groups is 2. The van der Waals surface area contributed by atoms with Crippen molar-refractivity contribution in [2.24, 2.45) is 5.92 Å². The van der Waals surface area contributed by atoms with E-state index >= 15 is 0 Å². The maximum Gasteiger partial charge on any atom is 0.306 e. The maximum atomic E-state index is 12.2. The predicted molar refractivity (Wildman–Crippen MR) is 90.3 cm³/mol. The van der Waals surface area contributed by atoms with Crippen LogP contribution in [0.4, 0.5) is 0 Å². The number of benzene rings is 1. The number of rotatable bonds is 4. The Labute approximate surface area is 138 Å². The van der Waals surface area contributed by atoms with Crippen molar-refractivity contribution in [1.82, 2.24) is 5.32 Å². The molecule has 2 N–H and O–H groups in total. The molecular formula is C16H19NO3S2. The lowest BCUT2D eigenvalue weighted by molar-refractivity contribution is -0.141. The number of carbonyl (C=O) groups excluding carboxylic acids is 1. The largest absolute Gasteiger partial charge is 0.481 e. The van der Waals surface area contributed by atoms with Crippen molar-refractivity contribution < 1.29 is 14.7 Å². The Morgan fingerprint density at radius 1 is 1.09 bits per heavy atom. The van der Waals surface area contributed by atoms with E-state index in [0.29, 0.717) is 23.0 Å². The van der Waals surface area contributed by atoms with E-state index in [2.05, 4.69) is 5.32 Å². The van der Waals surface area contributed by atoms with E-state index < -0.39 is 5.97 Å². The third-order valence-electron chi connectivity index (χ3n) is 4.18. The molecule has 2 aliphatic rings. The number of nitrogens with one attached hydrogen (secondary N) is 1. The Morgan fingerprint density at radius 3 is 2.36 bits per heavy atom. The first-order chi connectivity index (χ1) is 10.6. The van der Waals surface area contributed by atoms with Crippen molar-refractivity contribution in [1.29, 1.82) is 0 Å². The maximum absolute atomic E-state index is 12.2. The highest BCUT2D eigenvalue weighted by molar-refractivity contribution is 8.19. The number of amides is 1. The van der Waals surface area contributed by atoms with E-state index in [0.717, 1.165) is 6.42 Å². The fourth-order valence-electron chi connectivity index (χ4n) is 2.95. The number of carboxylic acids is 1. The van der Waals surface area contributed by atoms with E-state index in [1.165, 1.54) is 17.1 Å². The number of hydrogen-bond donors (Lipinski definition) is 2. The Balaban J connectivity index is 1.57. The first-order valence-corrected chi connectivity index (χ1v) is 9.60. The van der Waals surface area contributed by atoms with E-state index in [1.54, 1.807) is 0 Å². The lowest BCUT2D eigenvalue weighted by Crippen LogP contribution is -2.33. The third kappa shape index (κ3) is 3.60. The molecule has 4 nitrogen and oxygen atoms in total. The van der Waals surface area contributed by atoms with Crippen molar-refractivity contribution in [3.8, 4) is 0 Å². The molecule has 1 heterocycles. The number of hydrogen-bond acceptors (Lipinski definition) is 4. The molecule has 1 aliphatic heterocycles. The van der Waals surface area contributed by atoms with E-state index in [4.69, 9.17) is 5.11 Å². The molecule has 22 heavy (non-hydrogen) atoms. The van der Waals surface area contributed by atoms with Crippen molar-refractivity contribution >= 4 is 35.4 Å². The second kappa shape index (κ2) is 6.96. The average Bonchev–Trinajstić information content (AvgIpc) is 3.19. The monoisotopic (exact) mass is 337 g/mol. The normalized spacial score (nSPS) is 25.3. The van der Waals surface area contributed by atoms with Crippen LogP contribution in [0.15, 0.2) is 24.3 Å². The Bertz CT molecular complexity index is 555. The SMILES string of the molecule is O=C(N[C@H]1CC[C@@H](C(=O)O)C1)c1ccc(C2SCCS2)cc1. The molecule has 0 spiro atoms. The highest BCUT2D eigenvalue weighted by Gasteiger charge is 2.30. The molecule has 3 rings (SSSR count). The summed E-state index contributed by atoms with van der Waals surface area (Å²) in [6.07, 6.45) is 1.93. The number of aliphatic carboxylic acids is 1. The van der Waals surface area contributed by atoms with Crippen molar-refractivity contribution in [3.05, 3.63) is 35.4 Å². The molecule has 1 amide bonds. The summed E-state index contributed by atoms with van der Waals surface area (Å²) in [6.45, 7) is 0. The topological polar surface area (TPSA) is 66.4 Å². The lowest BCUT2D eigenvalue weighted by Gasteiger charge is -2.13. The first kappa shape index (κ1) is 15.7. The van der Waals surface area contributed by atoms with Gasteiger partial charge in [0.2, 0.25) is 0 Å². The Hall–Kier alpha value is -1.14. The molecule has 118 valence electrons. The van der Waals surface area contributed by atoms with Gasteiger partial charge in [-0.15, -0.1) is 23.5 Å². The summed E-state index contributed by atoms with van der Waals surface area (Å²) < 4.78 is 0.489. The molecule has 0 aromatic heterocycles. The van der Waals surface area contributed by atoms with E-state index in [-0.39, 0.29) is 17.9 Å². The minimum absolute atomic E-state index is 0.0192. The molecule has 0 unspecified atom stereocenters. The van der Waals surface area contributed by atoms with Crippen molar-refractivity contribution in [2.45, 2.75) is 29.9 Å². The molecular weight excluding hydrogens is 318 g/mol. The Morgan fingerprint density at radius 2 is 1.77 bits per heavy atom. The van der Waals surface area contributed by atoms with Crippen LogP contribution in [0.1, 0.15) is 39.8 Å². The minimum atomic E-state index is -0.757. The second-order valence-electron chi connectivity index (χ2n) is 5.71. The van der Waals surface area contributed by atoms with Gasteiger partial charge in [-0.3, -0.25) is 9.59 Å².